The maximum atomic E-state index is 5.65. The molecule has 4 heteroatoms. The molecule has 0 saturated heterocycles. The Bertz CT molecular complexity index is 666. The standard InChI is InChI=1S/C13H13N3S/c1-8-11(7-17-16-8)13-5-10-4-9(6-14)2-3-12(10)15-13/h2-5,7,15H,6,14H2,1H3. The predicted molar refractivity (Wildman–Crippen MR) is 72.0 cm³/mol. The summed E-state index contributed by atoms with van der Waals surface area (Å²) >= 11 is 1.49. The van der Waals surface area contributed by atoms with Gasteiger partial charge in [0.2, 0.25) is 0 Å². The minimum Gasteiger partial charge on any atom is -0.354 e. The number of aryl methyl sites for hydroxylation is 1. The van der Waals surface area contributed by atoms with Gasteiger partial charge in [-0.1, -0.05) is 6.07 Å². The summed E-state index contributed by atoms with van der Waals surface area (Å²) < 4.78 is 4.30. The number of aromatic nitrogens is 2. The van der Waals surface area contributed by atoms with Gasteiger partial charge < -0.3 is 10.7 Å². The van der Waals surface area contributed by atoms with Crippen LogP contribution < -0.4 is 5.73 Å². The van der Waals surface area contributed by atoms with Gasteiger partial charge in [0.1, 0.15) is 0 Å². The summed E-state index contributed by atoms with van der Waals surface area (Å²) in [6.07, 6.45) is 0. The topological polar surface area (TPSA) is 54.7 Å². The van der Waals surface area contributed by atoms with Crippen LogP contribution in [-0.2, 0) is 6.54 Å². The van der Waals surface area contributed by atoms with Gasteiger partial charge >= 0.3 is 0 Å². The van der Waals surface area contributed by atoms with Crippen molar-refractivity contribution in [3.8, 4) is 11.3 Å². The lowest BCUT2D eigenvalue weighted by atomic mass is 10.1. The van der Waals surface area contributed by atoms with E-state index in [1.54, 1.807) is 0 Å². The van der Waals surface area contributed by atoms with E-state index in [1.807, 2.05) is 6.92 Å². The van der Waals surface area contributed by atoms with Crippen LogP contribution in [0.15, 0.2) is 29.6 Å². The minimum atomic E-state index is 0.579. The Morgan fingerprint density at radius 3 is 2.94 bits per heavy atom. The van der Waals surface area contributed by atoms with E-state index in [0.29, 0.717) is 6.54 Å². The van der Waals surface area contributed by atoms with Gasteiger partial charge in [0, 0.05) is 34.1 Å². The van der Waals surface area contributed by atoms with Crippen molar-refractivity contribution >= 4 is 22.4 Å². The molecule has 0 radical (unpaired) electrons. The Hall–Kier alpha value is -1.65. The largest absolute Gasteiger partial charge is 0.354 e. The highest BCUT2D eigenvalue weighted by Gasteiger charge is 2.07. The summed E-state index contributed by atoms with van der Waals surface area (Å²) in [5.74, 6) is 0. The quantitative estimate of drug-likeness (QED) is 0.726. The fraction of sp³-hybridized carbons (Fsp3) is 0.154. The number of benzene rings is 1. The van der Waals surface area contributed by atoms with E-state index < -0.39 is 0 Å². The van der Waals surface area contributed by atoms with Crippen LogP contribution in [0.3, 0.4) is 0 Å². The van der Waals surface area contributed by atoms with Crippen LogP contribution >= 0.6 is 11.5 Å². The zero-order valence-corrected chi connectivity index (χ0v) is 10.3. The van der Waals surface area contributed by atoms with Crippen molar-refractivity contribution in [3.05, 3.63) is 40.9 Å². The second-order valence-corrected chi connectivity index (χ2v) is 4.75. The van der Waals surface area contributed by atoms with E-state index in [9.17, 15) is 0 Å². The monoisotopic (exact) mass is 243 g/mol. The summed E-state index contributed by atoms with van der Waals surface area (Å²) in [4.78, 5) is 3.42. The molecule has 1 aromatic carbocycles. The molecule has 0 bridgehead atoms. The predicted octanol–water partition coefficient (Wildman–Crippen LogP) is 3.06. The second kappa shape index (κ2) is 3.98. The van der Waals surface area contributed by atoms with Crippen molar-refractivity contribution in [2.45, 2.75) is 13.5 Å². The van der Waals surface area contributed by atoms with Crippen LogP contribution in [0.1, 0.15) is 11.3 Å². The van der Waals surface area contributed by atoms with Crippen LogP contribution in [0.4, 0.5) is 0 Å². The summed E-state index contributed by atoms with van der Waals surface area (Å²) in [6, 6.07) is 8.42. The lowest BCUT2D eigenvalue weighted by Crippen LogP contribution is -1.94. The molecule has 0 saturated carbocycles. The van der Waals surface area contributed by atoms with E-state index in [1.165, 1.54) is 22.5 Å². The third-order valence-corrected chi connectivity index (χ3v) is 3.68. The number of hydrogen-bond donors (Lipinski definition) is 2. The highest BCUT2D eigenvalue weighted by molar-refractivity contribution is 7.04. The third-order valence-electron chi connectivity index (χ3n) is 2.96. The Morgan fingerprint density at radius 1 is 1.35 bits per heavy atom. The number of rotatable bonds is 2. The first kappa shape index (κ1) is 10.5. The number of aromatic amines is 1. The first-order valence-electron chi connectivity index (χ1n) is 5.51. The molecule has 0 aliphatic carbocycles. The molecule has 3 N–H and O–H groups in total. The molecule has 2 aromatic heterocycles. The van der Waals surface area contributed by atoms with E-state index in [-0.39, 0.29) is 0 Å². The smallest absolute Gasteiger partial charge is 0.0604 e. The van der Waals surface area contributed by atoms with E-state index in [0.717, 1.165) is 22.5 Å². The van der Waals surface area contributed by atoms with Gasteiger partial charge in [-0.15, -0.1) is 0 Å². The molecular weight excluding hydrogens is 230 g/mol. The van der Waals surface area contributed by atoms with E-state index >= 15 is 0 Å². The summed E-state index contributed by atoms with van der Waals surface area (Å²) in [5.41, 5.74) is 11.3. The first-order chi connectivity index (χ1) is 8.28. The maximum absolute atomic E-state index is 5.65. The molecule has 3 aromatic rings. The number of hydrogen-bond acceptors (Lipinski definition) is 3. The summed E-state index contributed by atoms with van der Waals surface area (Å²) in [5, 5.41) is 3.28. The molecule has 17 heavy (non-hydrogen) atoms. The molecule has 86 valence electrons. The van der Waals surface area contributed by atoms with Crippen molar-refractivity contribution in [1.29, 1.82) is 0 Å². The van der Waals surface area contributed by atoms with Gasteiger partial charge in [0.25, 0.3) is 0 Å². The normalized spacial score (nSPS) is 11.2. The van der Waals surface area contributed by atoms with Gasteiger partial charge in [-0.25, -0.2) is 0 Å². The highest BCUT2D eigenvalue weighted by atomic mass is 32.1. The molecule has 0 spiro atoms. The third kappa shape index (κ3) is 1.75. The SMILES string of the molecule is Cc1nscc1-c1cc2cc(CN)ccc2[nH]1. The van der Waals surface area contributed by atoms with Crippen LogP contribution in [0.25, 0.3) is 22.2 Å². The van der Waals surface area contributed by atoms with Crippen molar-refractivity contribution < 1.29 is 0 Å². The lowest BCUT2D eigenvalue weighted by Gasteiger charge is -1.95. The van der Waals surface area contributed by atoms with Crippen molar-refractivity contribution in [2.75, 3.05) is 0 Å². The zero-order chi connectivity index (χ0) is 11.8. The molecule has 0 fully saturated rings. The Morgan fingerprint density at radius 2 is 2.24 bits per heavy atom. The van der Waals surface area contributed by atoms with Crippen molar-refractivity contribution in [2.24, 2.45) is 5.73 Å². The van der Waals surface area contributed by atoms with Crippen LogP contribution in [0, 0.1) is 6.92 Å². The molecular formula is C13H13N3S. The number of H-pyrrole nitrogens is 1. The van der Waals surface area contributed by atoms with Gasteiger partial charge in [-0.05, 0) is 42.2 Å². The van der Waals surface area contributed by atoms with Crippen LogP contribution in [-0.4, -0.2) is 9.36 Å². The average Bonchev–Trinajstić information content (AvgIpc) is 2.93. The van der Waals surface area contributed by atoms with Crippen molar-refractivity contribution in [1.82, 2.24) is 9.36 Å². The first-order valence-corrected chi connectivity index (χ1v) is 6.34. The van der Waals surface area contributed by atoms with Gasteiger partial charge in [0.15, 0.2) is 0 Å². The van der Waals surface area contributed by atoms with Gasteiger partial charge in [0.05, 0.1) is 5.69 Å². The molecule has 3 nitrogen and oxygen atoms in total. The molecule has 0 aliphatic rings. The Balaban J connectivity index is 2.17. The Kier molecular flexibility index (Phi) is 2.46. The fourth-order valence-corrected chi connectivity index (χ4v) is 2.72. The molecule has 0 unspecified atom stereocenters. The molecule has 0 amide bonds. The van der Waals surface area contributed by atoms with E-state index in [4.69, 9.17) is 5.73 Å². The summed E-state index contributed by atoms with van der Waals surface area (Å²) in [7, 11) is 0. The molecule has 2 heterocycles. The number of nitrogens with zero attached hydrogens (tertiary/aromatic N) is 1. The second-order valence-electron chi connectivity index (χ2n) is 4.12. The fourth-order valence-electron chi connectivity index (χ4n) is 2.01. The zero-order valence-electron chi connectivity index (χ0n) is 9.53. The highest BCUT2D eigenvalue weighted by Crippen LogP contribution is 2.27. The average molecular weight is 243 g/mol. The molecule has 0 aliphatic heterocycles. The van der Waals surface area contributed by atoms with Crippen LogP contribution in [0.5, 0.6) is 0 Å². The van der Waals surface area contributed by atoms with Gasteiger partial charge in [-0.2, -0.15) is 4.37 Å². The Labute approximate surface area is 103 Å². The minimum absolute atomic E-state index is 0.579. The molecule has 3 rings (SSSR count). The van der Waals surface area contributed by atoms with E-state index in [2.05, 4.69) is 39.0 Å². The number of nitrogens with two attached hydrogens (primary N) is 1. The number of fused-ring (bicyclic) bond motifs is 1. The molecule has 0 atom stereocenters. The number of nitrogens with one attached hydrogen (secondary N) is 1. The van der Waals surface area contributed by atoms with Crippen molar-refractivity contribution in [3.63, 3.8) is 0 Å². The maximum Gasteiger partial charge on any atom is 0.0604 e. The van der Waals surface area contributed by atoms with Gasteiger partial charge in [-0.3, -0.25) is 0 Å². The van der Waals surface area contributed by atoms with Crippen LogP contribution in [0.2, 0.25) is 0 Å². The lowest BCUT2D eigenvalue weighted by molar-refractivity contribution is 1.08. The summed E-state index contributed by atoms with van der Waals surface area (Å²) in [6.45, 7) is 2.61.